The first-order valence-electron chi connectivity index (χ1n) is 8.86. The Balaban J connectivity index is 2.72. The minimum absolute atomic E-state index is 0.141. The van der Waals surface area contributed by atoms with E-state index in [-0.39, 0.29) is 6.61 Å². The molecule has 1 fully saturated rings. The number of unbranched alkanes of at least 4 members (excludes halogenated alkanes) is 2. The fraction of sp³-hybridized carbons (Fsp3) is 1.00. The van der Waals surface area contributed by atoms with Crippen molar-refractivity contribution in [1.82, 2.24) is 0 Å². The van der Waals surface area contributed by atoms with Crippen LogP contribution in [0.1, 0.15) is 39.5 Å². The monoisotopic (exact) mass is 458 g/mol. The molecule has 0 amide bonds. The van der Waals surface area contributed by atoms with Gasteiger partial charge in [-0.3, -0.25) is 0 Å². The summed E-state index contributed by atoms with van der Waals surface area (Å²) in [6, 6.07) is 0. The zero-order valence-electron chi connectivity index (χ0n) is 15.3. The summed E-state index contributed by atoms with van der Waals surface area (Å²) in [7, 11) is 3.10. The van der Waals surface area contributed by atoms with Crippen molar-refractivity contribution in [1.29, 1.82) is 0 Å². The van der Waals surface area contributed by atoms with Crippen LogP contribution in [0.15, 0.2) is 0 Å². The van der Waals surface area contributed by atoms with Crippen LogP contribution in [0.2, 0.25) is 8.87 Å². The van der Waals surface area contributed by atoms with E-state index in [1.807, 2.05) is 0 Å². The van der Waals surface area contributed by atoms with Gasteiger partial charge in [-0.05, 0) is 0 Å². The molecular formula is C16H34O7Sn. The number of hydrogen-bond donors (Lipinski definition) is 3. The second-order valence-corrected chi connectivity index (χ2v) is 16.4. The summed E-state index contributed by atoms with van der Waals surface area (Å²) in [5, 5.41) is 29.9. The Morgan fingerprint density at radius 1 is 0.917 bits per heavy atom. The van der Waals surface area contributed by atoms with Crippen molar-refractivity contribution in [3.05, 3.63) is 0 Å². The van der Waals surface area contributed by atoms with E-state index in [0.717, 1.165) is 34.6 Å². The quantitative estimate of drug-likeness (QED) is 0.401. The van der Waals surface area contributed by atoms with Gasteiger partial charge in [0, 0.05) is 0 Å². The summed E-state index contributed by atoms with van der Waals surface area (Å²) in [5.74, 6) is 0. The Labute approximate surface area is 150 Å². The van der Waals surface area contributed by atoms with Gasteiger partial charge in [-0.2, -0.15) is 0 Å². The number of aliphatic hydroxyl groups excluding tert-OH is 3. The van der Waals surface area contributed by atoms with Crippen molar-refractivity contribution in [3.8, 4) is 0 Å². The first-order valence-corrected chi connectivity index (χ1v) is 15.2. The van der Waals surface area contributed by atoms with Crippen LogP contribution in [0.4, 0.5) is 0 Å². The molecule has 1 heterocycles. The first-order chi connectivity index (χ1) is 11.4. The van der Waals surface area contributed by atoms with Gasteiger partial charge in [0.1, 0.15) is 0 Å². The summed E-state index contributed by atoms with van der Waals surface area (Å²) in [6.07, 6.45) is -1.27. The summed E-state index contributed by atoms with van der Waals surface area (Å²) >= 11 is -3.22. The molecule has 0 aromatic heterocycles. The van der Waals surface area contributed by atoms with Gasteiger partial charge in [0.05, 0.1) is 0 Å². The summed E-state index contributed by atoms with van der Waals surface area (Å²) in [6.45, 7) is 4.42. The number of rotatable bonds is 11. The van der Waals surface area contributed by atoms with Crippen molar-refractivity contribution in [2.75, 3.05) is 20.8 Å². The van der Waals surface area contributed by atoms with Crippen molar-refractivity contribution < 1.29 is 30.9 Å². The van der Waals surface area contributed by atoms with Crippen LogP contribution in [-0.2, 0) is 15.6 Å². The minimum atomic E-state index is -3.22. The zero-order valence-corrected chi connectivity index (χ0v) is 18.2. The van der Waals surface area contributed by atoms with Crippen LogP contribution >= 0.6 is 0 Å². The Hall–Kier alpha value is 0.519. The van der Waals surface area contributed by atoms with Gasteiger partial charge in [-0.25, -0.2) is 0 Å². The molecule has 0 spiro atoms. The van der Waals surface area contributed by atoms with Crippen LogP contribution in [0.5, 0.6) is 0 Å². The molecule has 1 aliphatic heterocycles. The van der Waals surface area contributed by atoms with E-state index >= 15 is 0 Å². The van der Waals surface area contributed by atoms with E-state index < -0.39 is 49.9 Å². The van der Waals surface area contributed by atoms with Crippen LogP contribution in [0, 0.1) is 0 Å². The fourth-order valence-electron chi connectivity index (χ4n) is 2.91. The van der Waals surface area contributed by atoms with Crippen molar-refractivity contribution in [3.63, 3.8) is 0 Å². The Morgan fingerprint density at radius 2 is 1.50 bits per heavy atom. The molecular weight excluding hydrogens is 423 g/mol. The van der Waals surface area contributed by atoms with E-state index in [0.29, 0.717) is 0 Å². The normalized spacial score (nSPS) is 31.4. The Morgan fingerprint density at radius 3 is 1.96 bits per heavy atom. The molecule has 8 heteroatoms. The molecule has 1 rings (SSSR count). The molecule has 144 valence electrons. The molecule has 5 atom stereocenters. The van der Waals surface area contributed by atoms with Gasteiger partial charge in [-0.1, -0.05) is 0 Å². The van der Waals surface area contributed by atoms with Gasteiger partial charge in [-0.15, -0.1) is 0 Å². The number of methoxy groups -OCH3 is 1. The molecule has 7 nitrogen and oxygen atoms in total. The van der Waals surface area contributed by atoms with Crippen LogP contribution in [0.25, 0.3) is 0 Å². The summed E-state index contributed by atoms with van der Waals surface area (Å²) in [5.41, 5.74) is 0. The van der Waals surface area contributed by atoms with Crippen molar-refractivity contribution in [2.45, 2.75) is 79.1 Å². The molecule has 1 saturated heterocycles. The second-order valence-electron chi connectivity index (χ2n) is 6.38. The standard InChI is InChI=1S/C7H13O6.2C4H9.CH3O.Sn/c1-12-7-6(11)5(10)4(9)3(2-8)13-7;2*1-3-4-2;1-2;/h3-7,9-11H,2H2,1H3;2*1,3-4H2,2H3;1H3;/q-1;;;-1;+2/t3-,4+,5+,6-,7-;;;;/m1..../s1. The molecule has 0 bridgehead atoms. The van der Waals surface area contributed by atoms with E-state index in [9.17, 15) is 15.3 Å². The predicted octanol–water partition coefficient (Wildman–Crippen LogP) is 1.15. The molecule has 0 unspecified atom stereocenters. The van der Waals surface area contributed by atoms with Crippen molar-refractivity contribution in [2.24, 2.45) is 0 Å². The fourth-order valence-corrected chi connectivity index (χ4v) is 12.4. The maximum atomic E-state index is 10.2. The molecule has 0 aromatic carbocycles. The van der Waals surface area contributed by atoms with Crippen molar-refractivity contribution >= 4 is 19.2 Å². The van der Waals surface area contributed by atoms with Gasteiger partial charge < -0.3 is 0 Å². The van der Waals surface area contributed by atoms with E-state index in [4.69, 9.17) is 15.6 Å². The molecule has 0 aromatic rings. The Kier molecular flexibility index (Phi) is 10.6. The van der Waals surface area contributed by atoms with E-state index in [1.165, 1.54) is 7.11 Å². The van der Waals surface area contributed by atoms with Crippen LogP contribution in [-0.4, -0.2) is 86.1 Å². The molecule has 1 aliphatic rings. The number of aliphatic hydroxyl groups is 3. The van der Waals surface area contributed by atoms with E-state index in [2.05, 4.69) is 13.8 Å². The van der Waals surface area contributed by atoms with Gasteiger partial charge in [0.15, 0.2) is 0 Å². The van der Waals surface area contributed by atoms with Gasteiger partial charge >= 0.3 is 150 Å². The number of hydrogen-bond acceptors (Lipinski definition) is 7. The third-order valence-electron chi connectivity index (χ3n) is 4.61. The Bertz CT molecular complexity index is 334. The molecule has 24 heavy (non-hydrogen) atoms. The van der Waals surface area contributed by atoms with Gasteiger partial charge in [0.2, 0.25) is 0 Å². The second kappa shape index (κ2) is 11.3. The molecule has 3 N–H and O–H groups in total. The average molecular weight is 457 g/mol. The maximum absolute atomic E-state index is 10.2. The molecule has 0 radical (unpaired) electrons. The first kappa shape index (κ1) is 22.6. The topological polar surface area (TPSA) is 97.6 Å². The zero-order chi connectivity index (χ0) is 18.2. The van der Waals surface area contributed by atoms with Crippen LogP contribution < -0.4 is 0 Å². The van der Waals surface area contributed by atoms with Crippen LogP contribution in [0.3, 0.4) is 0 Å². The molecule has 0 saturated carbocycles. The summed E-state index contributed by atoms with van der Waals surface area (Å²) < 4.78 is 24.6. The predicted molar refractivity (Wildman–Crippen MR) is 91.8 cm³/mol. The third-order valence-corrected chi connectivity index (χ3v) is 15.1. The van der Waals surface area contributed by atoms with E-state index in [1.54, 1.807) is 7.11 Å². The summed E-state index contributed by atoms with van der Waals surface area (Å²) in [4.78, 5) is 0. The third kappa shape index (κ3) is 6.05. The average Bonchev–Trinajstić information content (AvgIpc) is 2.61. The SMILES string of the molecule is CCC[CH2][Sn]([CH2]CCC)([O]C)[O]C[C@H]1O[C@@H](OC)[C@H](O)[C@@H](O)[C@H]1O. The number of ether oxygens (including phenoxy) is 2. The molecule has 0 aliphatic carbocycles. The van der Waals surface area contributed by atoms with Gasteiger partial charge in [0.25, 0.3) is 0 Å².